The van der Waals surface area contributed by atoms with Gasteiger partial charge in [-0.1, -0.05) is 12.1 Å². The van der Waals surface area contributed by atoms with Crippen molar-refractivity contribution in [3.05, 3.63) is 40.2 Å². The minimum Gasteiger partial charge on any atom is -0.506 e. The third-order valence-electron chi connectivity index (χ3n) is 3.15. The molecule has 0 saturated heterocycles. The van der Waals surface area contributed by atoms with Crippen LogP contribution in [0.1, 0.15) is 10.4 Å². The van der Waals surface area contributed by atoms with E-state index in [0.29, 0.717) is 11.3 Å². The van der Waals surface area contributed by atoms with Gasteiger partial charge in [0.15, 0.2) is 5.56 Å². The van der Waals surface area contributed by atoms with Gasteiger partial charge >= 0.3 is 5.97 Å². The number of nitrogens with one attached hydrogen (secondary N) is 1. The molecular formula is C15H16N2O6S. The van der Waals surface area contributed by atoms with Gasteiger partial charge in [-0.3, -0.25) is 14.4 Å². The number of rotatable bonds is 7. The predicted octanol–water partition coefficient (Wildman–Crippen LogP) is 0.313. The van der Waals surface area contributed by atoms with Crippen molar-refractivity contribution >= 4 is 34.5 Å². The van der Waals surface area contributed by atoms with Crippen molar-refractivity contribution in [2.24, 2.45) is 0 Å². The van der Waals surface area contributed by atoms with Crippen LogP contribution in [0.25, 0.3) is 10.9 Å². The lowest BCUT2D eigenvalue weighted by Gasteiger charge is -2.15. The molecule has 8 nitrogen and oxygen atoms in total. The molecule has 0 atom stereocenters. The standard InChI is InChI=1S/C15H16N2O6S/c1-24-7-6-23-17-10-5-3-2-4-9(10)13(20)12(15(17)22)14(21)16-8-11(18)19/h2-5,20H,6-8H2,1H3,(H,16,21)(H,18,19). The first-order valence-electron chi connectivity index (χ1n) is 6.96. The Morgan fingerprint density at radius 3 is 2.71 bits per heavy atom. The van der Waals surface area contributed by atoms with Crippen LogP contribution >= 0.6 is 11.8 Å². The number of hydrogen-bond donors (Lipinski definition) is 3. The summed E-state index contributed by atoms with van der Waals surface area (Å²) in [5, 5.41) is 21.2. The third kappa shape index (κ3) is 3.62. The molecule has 1 aromatic carbocycles. The molecule has 1 heterocycles. The Labute approximate surface area is 141 Å². The fourth-order valence-corrected chi connectivity index (χ4v) is 2.33. The highest BCUT2D eigenvalue weighted by molar-refractivity contribution is 7.98. The number of hydrogen-bond acceptors (Lipinski definition) is 6. The van der Waals surface area contributed by atoms with Gasteiger partial charge in [0.25, 0.3) is 11.5 Å². The van der Waals surface area contributed by atoms with E-state index in [0.717, 1.165) is 4.73 Å². The van der Waals surface area contributed by atoms with Crippen LogP contribution in [-0.2, 0) is 4.79 Å². The zero-order chi connectivity index (χ0) is 17.7. The molecule has 0 unspecified atom stereocenters. The number of carboxylic acids is 1. The maximum Gasteiger partial charge on any atom is 0.322 e. The molecule has 0 fully saturated rings. The molecule has 1 aromatic heterocycles. The van der Waals surface area contributed by atoms with Crippen LogP contribution in [0.4, 0.5) is 0 Å². The molecule has 0 aliphatic heterocycles. The van der Waals surface area contributed by atoms with Gasteiger partial charge in [-0.2, -0.15) is 11.8 Å². The summed E-state index contributed by atoms with van der Waals surface area (Å²) in [5.41, 5.74) is -1.09. The summed E-state index contributed by atoms with van der Waals surface area (Å²) in [5.74, 6) is -2.13. The smallest absolute Gasteiger partial charge is 0.322 e. The minimum atomic E-state index is -1.26. The van der Waals surface area contributed by atoms with E-state index in [4.69, 9.17) is 9.94 Å². The number of aliphatic carboxylic acids is 1. The van der Waals surface area contributed by atoms with E-state index in [1.807, 2.05) is 6.26 Å². The van der Waals surface area contributed by atoms with Crippen LogP contribution in [0.5, 0.6) is 5.75 Å². The number of thioether (sulfide) groups is 1. The van der Waals surface area contributed by atoms with Crippen LogP contribution in [0.15, 0.2) is 29.1 Å². The molecule has 2 aromatic rings. The summed E-state index contributed by atoms with van der Waals surface area (Å²) in [4.78, 5) is 40.7. The fraction of sp³-hybridized carbons (Fsp3) is 0.267. The summed E-state index contributed by atoms with van der Waals surface area (Å²) < 4.78 is 0.945. The van der Waals surface area contributed by atoms with Crippen molar-refractivity contribution in [1.29, 1.82) is 0 Å². The van der Waals surface area contributed by atoms with E-state index >= 15 is 0 Å². The normalized spacial score (nSPS) is 10.5. The second kappa shape index (κ2) is 7.73. The molecule has 0 bridgehead atoms. The average Bonchev–Trinajstić information content (AvgIpc) is 2.56. The van der Waals surface area contributed by atoms with Crippen molar-refractivity contribution in [3.8, 4) is 5.75 Å². The SMILES string of the molecule is CSCCOn1c(=O)c(C(=O)NCC(=O)O)c(O)c2ccccc21. The topological polar surface area (TPSA) is 118 Å². The van der Waals surface area contributed by atoms with E-state index in [2.05, 4.69) is 5.32 Å². The summed E-state index contributed by atoms with van der Waals surface area (Å²) >= 11 is 1.52. The Morgan fingerprint density at radius 1 is 1.33 bits per heavy atom. The molecule has 2 rings (SSSR count). The monoisotopic (exact) mass is 352 g/mol. The highest BCUT2D eigenvalue weighted by Crippen LogP contribution is 2.25. The van der Waals surface area contributed by atoms with Gasteiger partial charge in [-0.25, -0.2) is 0 Å². The third-order valence-corrected chi connectivity index (χ3v) is 3.72. The van der Waals surface area contributed by atoms with Gasteiger partial charge in [0.05, 0.1) is 5.52 Å². The summed E-state index contributed by atoms with van der Waals surface area (Å²) in [6.45, 7) is -0.441. The maximum absolute atomic E-state index is 12.5. The summed E-state index contributed by atoms with van der Waals surface area (Å²) in [7, 11) is 0. The first kappa shape index (κ1) is 17.7. The second-order valence-electron chi connectivity index (χ2n) is 4.74. The number of carboxylic acid groups (broad SMARTS) is 1. The highest BCUT2D eigenvalue weighted by atomic mass is 32.2. The zero-order valence-electron chi connectivity index (χ0n) is 12.8. The van der Waals surface area contributed by atoms with Gasteiger partial charge in [-0.05, 0) is 18.4 Å². The van der Waals surface area contributed by atoms with E-state index < -0.39 is 35.3 Å². The largest absolute Gasteiger partial charge is 0.506 e. The highest BCUT2D eigenvalue weighted by Gasteiger charge is 2.23. The molecule has 0 spiro atoms. The maximum atomic E-state index is 12.5. The average molecular weight is 352 g/mol. The number of fused-ring (bicyclic) bond motifs is 1. The Hall–Kier alpha value is -2.68. The van der Waals surface area contributed by atoms with Crippen LogP contribution in [0.3, 0.4) is 0 Å². The molecule has 1 amide bonds. The summed E-state index contributed by atoms with van der Waals surface area (Å²) in [6, 6.07) is 6.42. The first-order valence-corrected chi connectivity index (χ1v) is 8.35. The molecule has 0 aliphatic rings. The molecule has 0 aliphatic carbocycles. The van der Waals surface area contributed by atoms with Crippen molar-refractivity contribution in [3.63, 3.8) is 0 Å². The Morgan fingerprint density at radius 2 is 2.04 bits per heavy atom. The number of carbonyl (C=O) groups is 2. The quantitative estimate of drug-likeness (QED) is 0.614. The van der Waals surface area contributed by atoms with Crippen LogP contribution in [-0.4, -0.2) is 52.0 Å². The lowest BCUT2D eigenvalue weighted by Crippen LogP contribution is -2.38. The van der Waals surface area contributed by atoms with E-state index in [1.165, 1.54) is 17.8 Å². The minimum absolute atomic E-state index is 0.228. The van der Waals surface area contributed by atoms with Crippen molar-refractivity contribution in [1.82, 2.24) is 10.0 Å². The zero-order valence-corrected chi connectivity index (χ0v) is 13.6. The van der Waals surface area contributed by atoms with E-state index in [1.54, 1.807) is 18.2 Å². The number of para-hydroxylation sites is 1. The number of nitrogens with zero attached hydrogens (tertiary/aromatic N) is 1. The van der Waals surface area contributed by atoms with E-state index in [9.17, 15) is 19.5 Å². The molecule has 24 heavy (non-hydrogen) atoms. The Bertz CT molecular complexity index is 833. The van der Waals surface area contributed by atoms with Gasteiger partial charge in [0.2, 0.25) is 0 Å². The van der Waals surface area contributed by atoms with Crippen LogP contribution in [0.2, 0.25) is 0 Å². The Kier molecular flexibility index (Phi) is 5.69. The van der Waals surface area contributed by atoms with Crippen molar-refractivity contribution in [2.75, 3.05) is 25.2 Å². The molecule has 0 saturated carbocycles. The molecular weight excluding hydrogens is 336 g/mol. The molecule has 9 heteroatoms. The Balaban J connectivity index is 2.56. The molecule has 128 valence electrons. The first-order chi connectivity index (χ1) is 11.5. The van der Waals surface area contributed by atoms with Crippen LogP contribution < -0.4 is 15.7 Å². The number of carbonyl (C=O) groups excluding carboxylic acids is 1. The fourth-order valence-electron chi connectivity index (χ4n) is 2.09. The molecule has 0 radical (unpaired) electrons. The van der Waals surface area contributed by atoms with Gasteiger partial charge in [-0.15, -0.1) is 4.73 Å². The summed E-state index contributed by atoms with van der Waals surface area (Å²) in [6.07, 6.45) is 1.88. The lowest BCUT2D eigenvalue weighted by atomic mass is 10.1. The number of benzene rings is 1. The van der Waals surface area contributed by atoms with Crippen molar-refractivity contribution in [2.45, 2.75) is 0 Å². The van der Waals surface area contributed by atoms with Gasteiger partial charge in [0, 0.05) is 11.1 Å². The lowest BCUT2D eigenvalue weighted by molar-refractivity contribution is -0.135. The van der Waals surface area contributed by atoms with Gasteiger partial charge < -0.3 is 20.4 Å². The van der Waals surface area contributed by atoms with E-state index in [-0.39, 0.29) is 12.0 Å². The number of aromatic hydroxyl groups is 1. The van der Waals surface area contributed by atoms with Crippen LogP contribution in [0, 0.1) is 0 Å². The van der Waals surface area contributed by atoms with Gasteiger partial charge in [0.1, 0.15) is 18.9 Å². The second-order valence-corrected chi connectivity index (χ2v) is 5.73. The van der Waals surface area contributed by atoms with Crippen molar-refractivity contribution < 1.29 is 24.6 Å². The number of aromatic nitrogens is 1. The predicted molar refractivity (Wildman–Crippen MR) is 89.7 cm³/mol. The molecule has 3 N–H and O–H groups in total. The number of amides is 1. The number of pyridine rings is 1.